The Morgan fingerprint density at radius 2 is 2.11 bits per heavy atom. The number of thiazole rings is 1. The van der Waals surface area contributed by atoms with Crippen LogP contribution in [-0.2, 0) is 10.3 Å². The van der Waals surface area contributed by atoms with Gasteiger partial charge in [0, 0.05) is 18.0 Å². The first kappa shape index (κ1) is 18.6. The van der Waals surface area contributed by atoms with Gasteiger partial charge < -0.3 is 11.1 Å². The molecule has 0 spiro atoms. The van der Waals surface area contributed by atoms with Crippen molar-refractivity contribution in [3.05, 3.63) is 16.6 Å². The SMILES string of the molecule is Cl.Cl.NCCCC(=O)NC1(c2nccs2)CCCC1. The van der Waals surface area contributed by atoms with E-state index in [1.807, 2.05) is 11.6 Å². The molecule has 0 unspecified atom stereocenters. The Kier molecular flexibility index (Phi) is 8.57. The number of halogens is 2. The molecule has 0 saturated heterocycles. The number of nitrogens with two attached hydrogens (primary N) is 1. The average Bonchev–Trinajstić information content (AvgIpc) is 2.96. The number of nitrogens with zero attached hydrogens (tertiary/aromatic N) is 1. The molecule has 1 aliphatic carbocycles. The van der Waals surface area contributed by atoms with Gasteiger partial charge in [0.05, 0.1) is 5.54 Å². The van der Waals surface area contributed by atoms with Gasteiger partial charge in [0.15, 0.2) is 0 Å². The maximum absolute atomic E-state index is 11.9. The Balaban J connectivity index is 0.00000162. The van der Waals surface area contributed by atoms with Crippen LogP contribution in [0.2, 0.25) is 0 Å². The first-order chi connectivity index (χ1) is 8.27. The summed E-state index contributed by atoms with van der Waals surface area (Å²) in [5, 5.41) is 6.21. The van der Waals surface area contributed by atoms with Gasteiger partial charge in [0.25, 0.3) is 0 Å². The van der Waals surface area contributed by atoms with Crippen LogP contribution in [0.25, 0.3) is 0 Å². The number of hydrogen-bond acceptors (Lipinski definition) is 4. The molecular weight excluding hydrogens is 305 g/mol. The molecule has 1 aromatic rings. The first-order valence-electron chi connectivity index (χ1n) is 6.18. The number of nitrogens with one attached hydrogen (secondary N) is 1. The highest BCUT2D eigenvalue weighted by Gasteiger charge is 2.38. The molecule has 1 fully saturated rings. The van der Waals surface area contributed by atoms with Crippen LogP contribution in [0, 0.1) is 0 Å². The summed E-state index contributed by atoms with van der Waals surface area (Å²) in [7, 11) is 0. The summed E-state index contributed by atoms with van der Waals surface area (Å²) >= 11 is 1.63. The van der Waals surface area contributed by atoms with Crippen molar-refractivity contribution in [2.45, 2.75) is 44.1 Å². The monoisotopic (exact) mass is 325 g/mol. The van der Waals surface area contributed by atoms with E-state index in [4.69, 9.17) is 5.73 Å². The van der Waals surface area contributed by atoms with E-state index in [0.29, 0.717) is 13.0 Å². The first-order valence-corrected chi connectivity index (χ1v) is 7.06. The molecule has 0 aromatic carbocycles. The van der Waals surface area contributed by atoms with Crippen LogP contribution < -0.4 is 11.1 Å². The highest BCUT2D eigenvalue weighted by atomic mass is 35.5. The summed E-state index contributed by atoms with van der Waals surface area (Å²) in [6.07, 6.45) is 7.42. The van der Waals surface area contributed by atoms with Gasteiger partial charge in [-0.15, -0.1) is 36.2 Å². The molecule has 2 rings (SSSR count). The lowest BCUT2D eigenvalue weighted by Gasteiger charge is -2.28. The van der Waals surface area contributed by atoms with Crippen molar-refractivity contribution in [3.8, 4) is 0 Å². The number of carbonyl (C=O) groups excluding carboxylic acids is 1. The zero-order chi connectivity index (χ0) is 12.1. The van der Waals surface area contributed by atoms with Crippen molar-refractivity contribution in [1.29, 1.82) is 0 Å². The molecule has 19 heavy (non-hydrogen) atoms. The molecule has 0 atom stereocenters. The molecule has 3 N–H and O–H groups in total. The highest BCUT2D eigenvalue weighted by molar-refractivity contribution is 7.09. The van der Waals surface area contributed by atoms with Gasteiger partial charge in [0.2, 0.25) is 5.91 Å². The molecule has 0 radical (unpaired) electrons. The predicted molar refractivity (Wildman–Crippen MR) is 83.2 cm³/mol. The van der Waals surface area contributed by atoms with Crippen molar-refractivity contribution < 1.29 is 4.79 Å². The van der Waals surface area contributed by atoms with E-state index in [2.05, 4.69) is 10.3 Å². The third kappa shape index (κ3) is 4.60. The number of hydrogen-bond donors (Lipinski definition) is 2. The maximum Gasteiger partial charge on any atom is 0.220 e. The Morgan fingerprint density at radius 1 is 1.42 bits per heavy atom. The third-order valence-electron chi connectivity index (χ3n) is 3.29. The lowest BCUT2D eigenvalue weighted by Crippen LogP contribution is -2.43. The van der Waals surface area contributed by atoms with Gasteiger partial charge in [-0.25, -0.2) is 4.98 Å². The van der Waals surface area contributed by atoms with E-state index in [0.717, 1.165) is 37.1 Å². The molecule has 1 aromatic heterocycles. The van der Waals surface area contributed by atoms with E-state index < -0.39 is 0 Å². The molecule has 110 valence electrons. The van der Waals surface area contributed by atoms with Gasteiger partial charge in [0.1, 0.15) is 5.01 Å². The lowest BCUT2D eigenvalue weighted by atomic mass is 9.98. The zero-order valence-electron chi connectivity index (χ0n) is 10.8. The van der Waals surface area contributed by atoms with Crippen LogP contribution in [0.5, 0.6) is 0 Å². The lowest BCUT2D eigenvalue weighted by molar-refractivity contribution is -0.123. The van der Waals surface area contributed by atoms with E-state index >= 15 is 0 Å². The van der Waals surface area contributed by atoms with Gasteiger partial charge in [-0.2, -0.15) is 0 Å². The molecule has 1 aliphatic rings. The van der Waals surface area contributed by atoms with Gasteiger partial charge in [-0.1, -0.05) is 12.8 Å². The van der Waals surface area contributed by atoms with Crippen LogP contribution >= 0.6 is 36.2 Å². The fraction of sp³-hybridized carbons (Fsp3) is 0.667. The molecule has 1 heterocycles. The summed E-state index contributed by atoms with van der Waals surface area (Å²) in [5.41, 5.74) is 5.23. The standard InChI is InChI=1S/C12H19N3OS.2ClH/c13-7-3-4-10(16)15-12(5-1-2-6-12)11-14-8-9-17-11;;/h8-9H,1-7,13H2,(H,15,16);2*1H. The summed E-state index contributed by atoms with van der Waals surface area (Å²) in [5.74, 6) is 0.104. The Labute approximate surface area is 130 Å². The predicted octanol–water partition coefficient (Wildman–Crippen LogP) is 2.61. The molecule has 0 aliphatic heterocycles. The van der Waals surface area contributed by atoms with Crippen LogP contribution in [-0.4, -0.2) is 17.4 Å². The minimum Gasteiger partial charge on any atom is -0.344 e. The van der Waals surface area contributed by atoms with Crippen LogP contribution in [0.4, 0.5) is 0 Å². The van der Waals surface area contributed by atoms with E-state index in [9.17, 15) is 4.79 Å². The highest BCUT2D eigenvalue weighted by Crippen LogP contribution is 2.39. The maximum atomic E-state index is 11.9. The van der Waals surface area contributed by atoms with Gasteiger partial charge in [-0.3, -0.25) is 4.79 Å². The zero-order valence-corrected chi connectivity index (χ0v) is 13.2. The van der Waals surface area contributed by atoms with Gasteiger partial charge in [-0.05, 0) is 25.8 Å². The van der Waals surface area contributed by atoms with Gasteiger partial charge >= 0.3 is 0 Å². The summed E-state index contributed by atoms with van der Waals surface area (Å²) in [4.78, 5) is 16.3. The third-order valence-corrected chi connectivity index (χ3v) is 4.26. The normalized spacial score (nSPS) is 16.3. The summed E-state index contributed by atoms with van der Waals surface area (Å²) in [6, 6.07) is 0. The minimum absolute atomic E-state index is 0. The molecule has 1 amide bonds. The number of aromatic nitrogens is 1. The second-order valence-electron chi connectivity index (χ2n) is 4.57. The average molecular weight is 326 g/mol. The fourth-order valence-corrected chi connectivity index (χ4v) is 3.28. The van der Waals surface area contributed by atoms with E-state index in [1.165, 1.54) is 0 Å². The Morgan fingerprint density at radius 3 is 2.63 bits per heavy atom. The summed E-state index contributed by atoms with van der Waals surface area (Å²) < 4.78 is 0. The van der Waals surface area contributed by atoms with Crippen LogP contribution in [0.1, 0.15) is 43.5 Å². The topological polar surface area (TPSA) is 68.0 Å². The van der Waals surface area contributed by atoms with Crippen LogP contribution in [0.15, 0.2) is 11.6 Å². The largest absolute Gasteiger partial charge is 0.344 e. The smallest absolute Gasteiger partial charge is 0.220 e. The van der Waals surface area contributed by atoms with Crippen molar-refractivity contribution >= 4 is 42.1 Å². The van der Waals surface area contributed by atoms with Crippen molar-refractivity contribution in [2.24, 2.45) is 5.73 Å². The second-order valence-corrected chi connectivity index (χ2v) is 5.46. The molecule has 1 saturated carbocycles. The number of rotatable bonds is 5. The number of amides is 1. The van der Waals surface area contributed by atoms with Crippen molar-refractivity contribution in [2.75, 3.05) is 6.54 Å². The summed E-state index contributed by atoms with van der Waals surface area (Å²) in [6.45, 7) is 0.567. The van der Waals surface area contributed by atoms with Crippen molar-refractivity contribution in [3.63, 3.8) is 0 Å². The minimum atomic E-state index is -0.195. The Hall–Kier alpha value is -0.360. The molecule has 4 nitrogen and oxygen atoms in total. The molecular formula is C12H21Cl2N3OS. The van der Waals surface area contributed by atoms with Crippen molar-refractivity contribution in [1.82, 2.24) is 10.3 Å². The second kappa shape index (κ2) is 8.74. The Bertz CT molecular complexity index is 367. The van der Waals surface area contributed by atoms with E-state index in [1.54, 1.807) is 11.3 Å². The van der Waals surface area contributed by atoms with E-state index in [-0.39, 0.29) is 36.3 Å². The number of carbonyl (C=O) groups is 1. The quantitative estimate of drug-likeness (QED) is 0.874. The fourth-order valence-electron chi connectivity index (χ4n) is 2.42. The van der Waals surface area contributed by atoms with Crippen LogP contribution in [0.3, 0.4) is 0 Å². The molecule has 0 bridgehead atoms. The molecule has 7 heteroatoms.